The molecule has 3 rings (SSSR count). The molecule has 130 valence electrons. The Labute approximate surface area is 147 Å². The van der Waals surface area contributed by atoms with Gasteiger partial charge < -0.3 is 9.80 Å². The van der Waals surface area contributed by atoms with Gasteiger partial charge in [0, 0.05) is 38.4 Å². The lowest BCUT2D eigenvalue weighted by atomic mass is 9.95. The maximum Gasteiger partial charge on any atom is 0.226 e. The first-order chi connectivity index (χ1) is 12.1. The second-order valence-corrected chi connectivity index (χ2v) is 6.44. The molecular formula is C18H22N6O. The lowest BCUT2D eigenvalue weighted by molar-refractivity contribution is -0.134. The minimum atomic E-state index is -0.0123. The Bertz CT molecular complexity index is 785. The molecule has 7 nitrogen and oxygen atoms in total. The lowest BCUT2D eigenvalue weighted by Crippen LogP contribution is -2.41. The number of aromatic nitrogens is 3. The molecule has 0 radical (unpaired) electrons. The van der Waals surface area contributed by atoms with Crippen LogP contribution >= 0.6 is 0 Å². The highest BCUT2D eigenvalue weighted by Crippen LogP contribution is 2.28. The number of aryl methyl sites for hydroxylation is 1. The van der Waals surface area contributed by atoms with Gasteiger partial charge in [-0.25, -0.2) is 4.68 Å². The highest BCUT2D eigenvalue weighted by atomic mass is 16.2. The summed E-state index contributed by atoms with van der Waals surface area (Å²) in [4.78, 5) is 20.4. The van der Waals surface area contributed by atoms with Crippen LogP contribution in [0.5, 0.6) is 0 Å². The number of piperidine rings is 1. The largest absolute Gasteiger partial charge is 0.368 e. The van der Waals surface area contributed by atoms with E-state index >= 15 is 0 Å². The summed E-state index contributed by atoms with van der Waals surface area (Å²) < 4.78 is 1.87. The third kappa shape index (κ3) is 3.63. The fourth-order valence-electron chi connectivity index (χ4n) is 3.22. The number of anilines is 1. The molecule has 0 atom stereocenters. The van der Waals surface area contributed by atoms with Gasteiger partial charge in [-0.1, -0.05) is 0 Å². The Morgan fingerprint density at radius 3 is 2.76 bits per heavy atom. The predicted molar refractivity (Wildman–Crippen MR) is 94.3 cm³/mol. The maximum atomic E-state index is 12.4. The van der Waals surface area contributed by atoms with Gasteiger partial charge in [-0.15, -0.1) is 0 Å². The summed E-state index contributed by atoms with van der Waals surface area (Å²) in [5.41, 5.74) is 3.13. The van der Waals surface area contributed by atoms with Crippen LogP contribution in [-0.4, -0.2) is 52.3 Å². The Morgan fingerprint density at radius 2 is 2.12 bits per heavy atom. The molecule has 0 aromatic carbocycles. The second kappa shape index (κ2) is 7.34. The Balaban J connectivity index is 1.72. The molecule has 0 unspecified atom stereocenters. The fraction of sp³-hybridized carbons (Fsp3) is 0.444. The van der Waals surface area contributed by atoms with Crippen LogP contribution in [0.3, 0.4) is 0 Å². The topological polar surface area (TPSA) is 78.1 Å². The van der Waals surface area contributed by atoms with E-state index in [1.54, 1.807) is 13.2 Å². The highest BCUT2D eigenvalue weighted by Gasteiger charge is 2.28. The summed E-state index contributed by atoms with van der Waals surface area (Å²) in [7, 11) is 1.69. The van der Waals surface area contributed by atoms with Crippen molar-refractivity contribution in [3.63, 3.8) is 0 Å². The first-order valence-electron chi connectivity index (χ1n) is 8.42. The van der Waals surface area contributed by atoms with Crippen molar-refractivity contribution in [2.75, 3.05) is 31.6 Å². The summed E-state index contributed by atoms with van der Waals surface area (Å²) in [5, 5.41) is 13.1. The van der Waals surface area contributed by atoms with E-state index in [1.165, 1.54) is 4.90 Å². The van der Waals surface area contributed by atoms with Crippen molar-refractivity contribution in [2.45, 2.75) is 19.8 Å². The van der Waals surface area contributed by atoms with Crippen molar-refractivity contribution in [2.24, 2.45) is 5.92 Å². The van der Waals surface area contributed by atoms with Gasteiger partial charge >= 0.3 is 0 Å². The van der Waals surface area contributed by atoms with Crippen LogP contribution in [0.2, 0.25) is 0 Å². The Kier molecular flexibility index (Phi) is 4.98. The van der Waals surface area contributed by atoms with E-state index < -0.39 is 0 Å². The maximum absolute atomic E-state index is 12.4. The van der Waals surface area contributed by atoms with Gasteiger partial charge in [0.2, 0.25) is 5.91 Å². The van der Waals surface area contributed by atoms with E-state index in [2.05, 4.69) is 15.0 Å². The van der Waals surface area contributed by atoms with Crippen molar-refractivity contribution < 1.29 is 4.79 Å². The molecule has 3 heterocycles. The fourth-order valence-corrected chi connectivity index (χ4v) is 3.22. The van der Waals surface area contributed by atoms with E-state index in [4.69, 9.17) is 5.26 Å². The third-order valence-corrected chi connectivity index (χ3v) is 4.61. The smallest absolute Gasteiger partial charge is 0.226 e. The quantitative estimate of drug-likeness (QED) is 0.794. The zero-order valence-corrected chi connectivity index (χ0v) is 14.6. The van der Waals surface area contributed by atoms with Crippen molar-refractivity contribution in [1.29, 1.82) is 5.26 Å². The molecule has 2 aromatic rings. The third-order valence-electron chi connectivity index (χ3n) is 4.61. The highest BCUT2D eigenvalue weighted by molar-refractivity contribution is 5.79. The SMILES string of the molecule is Cc1cnn(-c2ccncc2N2CCC(C(=O)N(C)CC#N)CC2)c1. The summed E-state index contributed by atoms with van der Waals surface area (Å²) in [5.74, 6) is 0.0528. The molecular weight excluding hydrogens is 316 g/mol. The van der Waals surface area contributed by atoms with E-state index in [-0.39, 0.29) is 18.4 Å². The molecule has 7 heteroatoms. The molecule has 1 fully saturated rings. The van der Waals surface area contributed by atoms with Gasteiger partial charge in [0.15, 0.2) is 0 Å². The Morgan fingerprint density at radius 1 is 1.36 bits per heavy atom. The number of nitriles is 1. The number of pyridine rings is 1. The number of rotatable bonds is 4. The van der Waals surface area contributed by atoms with Crippen LogP contribution in [0.1, 0.15) is 18.4 Å². The van der Waals surface area contributed by atoms with Crippen LogP contribution < -0.4 is 4.90 Å². The monoisotopic (exact) mass is 338 g/mol. The normalized spacial score (nSPS) is 15.0. The van der Waals surface area contributed by atoms with Gasteiger partial charge in [-0.3, -0.25) is 9.78 Å². The molecule has 2 aromatic heterocycles. The molecule has 0 N–H and O–H groups in total. The van der Waals surface area contributed by atoms with Crippen molar-refractivity contribution >= 4 is 11.6 Å². The van der Waals surface area contributed by atoms with Crippen LogP contribution in [0.4, 0.5) is 5.69 Å². The number of carbonyl (C=O) groups excluding carboxylic acids is 1. The molecule has 0 bridgehead atoms. The van der Waals surface area contributed by atoms with Crippen molar-refractivity contribution in [3.8, 4) is 11.8 Å². The van der Waals surface area contributed by atoms with E-state index in [9.17, 15) is 4.79 Å². The molecule has 0 saturated carbocycles. The minimum Gasteiger partial charge on any atom is -0.368 e. The van der Waals surface area contributed by atoms with Gasteiger partial charge in [0.25, 0.3) is 0 Å². The van der Waals surface area contributed by atoms with E-state index in [0.29, 0.717) is 0 Å². The van der Waals surface area contributed by atoms with Crippen molar-refractivity contribution in [1.82, 2.24) is 19.7 Å². The van der Waals surface area contributed by atoms with Crippen LogP contribution in [0.15, 0.2) is 30.9 Å². The van der Waals surface area contributed by atoms with Gasteiger partial charge in [-0.05, 0) is 31.4 Å². The summed E-state index contributed by atoms with van der Waals surface area (Å²) in [6.07, 6.45) is 9.01. The molecule has 1 aliphatic rings. The summed E-state index contributed by atoms with van der Waals surface area (Å²) >= 11 is 0. The van der Waals surface area contributed by atoms with Gasteiger partial charge in [0.1, 0.15) is 6.54 Å². The first kappa shape index (κ1) is 17.0. The number of hydrogen-bond acceptors (Lipinski definition) is 5. The molecule has 0 spiro atoms. The number of nitrogens with zero attached hydrogens (tertiary/aromatic N) is 6. The average molecular weight is 338 g/mol. The Hall–Kier alpha value is -2.88. The van der Waals surface area contributed by atoms with Gasteiger partial charge in [0.05, 0.1) is 29.8 Å². The zero-order chi connectivity index (χ0) is 17.8. The molecule has 25 heavy (non-hydrogen) atoms. The zero-order valence-electron chi connectivity index (χ0n) is 14.6. The van der Waals surface area contributed by atoms with E-state index in [1.807, 2.05) is 42.3 Å². The number of amides is 1. The minimum absolute atomic E-state index is 0.0123. The summed E-state index contributed by atoms with van der Waals surface area (Å²) in [6, 6.07) is 3.98. The molecule has 1 saturated heterocycles. The molecule has 1 aliphatic heterocycles. The molecule has 0 aliphatic carbocycles. The van der Waals surface area contributed by atoms with Crippen LogP contribution in [-0.2, 0) is 4.79 Å². The van der Waals surface area contributed by atoms with Crippen LogP contribution in [0, 0.1) is 24.2 Å². The number of carbonyl (C=O) groups is 1. The lowest BCUT2D eigenvalue weighted by Gasteiger charge is -2.34. The van der Waals surface area contributed by atoms with E-state index in [0.717, 1.165) is 42.9 Å². The second-order valence-electron chi connectivity index (χ2n) is 6.44. The van der Waals surface area contributed by atoms with Crippen LogP contribution in [0.25, 0.3) is 5.69 Å². The average Bonchev–Trinajstić information content (AvgIpc) is 3.08. The standard InChI is InChI=1S/C18H22N6O/c1-14-11-21-24(13-14)16-3-7-20-12-17(16)23-8-4-15(5-9-23)18(25)22(2)10-6-19/h3,7,11-13,15H,4-5,8-10H2,1-2H3. The first-order valence-corrected chi connectivity index (χ1v) is 8.42. The predicted octanol–water partition coefficient (Wildman–Crippen LogP) is 1.77. The van der Waals surface area contributed by atoms with Crippen molar-refractivity contribution in [3.05, 3.63) is 36.4 Å². The number of hydrogen-bond donors (Lipinski definition) is 0. The summed E-state index contributed by atoms with van der Waals surface area (Å²) in [6.45, 7) is 3.73. The van der Waals surface area contributed by atoms with Gasteiger partial charge in [-0.2, -0.15) is 10.4 Å². The molecule has 1 amide bonds.